The summed E-state index contributed by atoms with van der Waals surface area (Å²) in [6.07, 6.45) is 6.82. The number of hydrogen-bond donors (Lipinski definition) is 0. The fraction of sp³-hybridized carbons (Fsp3) is 0.156. The Labute approximate surface area is 480 Å². The molecule has 20 heteroatoms. The molecule has 12 rings (SSSR count). The summed E-state index contributed by atoms with van der Waals surface area (Å²) in [7, 11) is 12.6. The van der Waals surface area contributed by atoms with Gasteiger partial charge in [-0.3, -0.25) is 0 Å². The lowest BCUT2D eigenvalue weighted by Gasteiger charge is -2.22. The van der Waals surface area contributed by atoms with E-state index in [1.807, 2.05) is 72.8 Å². The maximum atomic E-state index is 6.46. The third kappa shape index (κ3) is 10.4. The zero-order chi connectivity index (χ0) is 57.8. The maximum Gasteiger partial charge on any atom is 0.248 e. The van der Waals surface area contributed by atoms with Gasteiger partial charge in [0, 0.05) is 50.4 Å². The monoisotopic (exact) mass is 1120 g/mol. The molecule has 0 radical (unpaired) electrons. The molecule has 1 atom stereocenters. The van der Waals surface area contributed by atoms with E-state index in [1.165, 1.54) is 0 Å². The van der Waals surface area contributed by atoms with Gasteiger partial charge < -0.3 is 55.6 Å². The van der Waals surface area contributed by atoms with Gasteiger partial charge in [0.05, 0.1) is 56.9 Å². The maximum absolute atomic E-state index is 6.46. The largest absolute Gasteiger partial charge is 0.493 e. The van der Waals surface area contributed by atoms with E-state index in [4.69, 9.17) is 55.6 Å². The van der Waals surface area contributed by atoms with Crippen LogP contribution in [0, 0.1) is 0 Å². The average Bonchev–Trinajstić information content (AvgIpc) is 4.48. The van der Waals surface area contributed by atoms with Crippen LogP contribution in [-0.2, 0) is 0 Å². The fourth-order valence-corrected chi connectivity index (χ4v) is 9.90. The highest BCUT2D eigenvalue weighted by Crippen LogP contribution is 2.45. The Hall–Kier alpha value is -11.0. The summed E-state index contributed by atoms with van der Waals surface area (Å²) in [5.74, 6) is 6.80. The topological polar surface area (TPSA) is 230 Å². The van der Waals surface area contributed by atoms with Crippen molar-refractivity contribution in [3.63, 3.8) is 0 Å². The lowest BCUT2D eigenvalue weighted by atomic mass is 9.82. The third-order valence-corrected chi connectivity index (χ3v) is 14.3. The summed E-state index contributed by atoms with van der Waals surface area (Å²) >= 11 is 0. The standard InChI is InChI=1S/C64H52N8O12/c1-73-49-25-19-41(31-53(49)77-5)61-69-65-57(81-61)37-13-9-35(10-14-37)45-23-17-39(59-67-71-63(83-59)43-21-27-51(75-3)55(33-43)79-7)29-47(45)48-30-40(60-68-72-64(84-60)44-22-28-52(76-4)56(34-44)80-8)18-24-46(48)36-11-15-38(16-12-36)58-66-70-62(82-58)42-20-26-50(74-2)54(32-42)78-6/h9-11,13-34,36H,12H2,1-8H3. The molecule has 0 spiro atoms. The molecule has 1 aliphatic carbocycles. The summed E-state index contributed by atoms with van der Waals surface area (Å²) in [5.41, 5.74) is 9.90. The lowest BCUT2D eigenvalue weighted by Crippen LogP contribution is -2.02. The van der Waals surface area contributed by atoms with Crippen molar-refractivity contribution in [1.29, 1.82) is 0 Å². The first kappa shape index (κ1) is 53.6. The summed E-state index contributed by atoms with van der Waals surface area (Å²) in [6, 6.07) is 41.8. The molecule has 4 aromatic heterocycles. The normalized spacial score (nSPS) is 12.9. The van der Waals surface area contributed by atoms with E-state index in [0.717, 1.165) is 33.4 Å². The second kappa shape index (κ2) is 23.2. The van der Waals surface area contributed by atoms with Crippen LogP contribution in [0.4, 0.5) is 0 Å². The zero-order valence-corrected chi connectivity index (χ0v) is 46.7. The molecule has 0 bridgehead atoms. The molecule has 0 N–H and O–H groups in total. The van der Waals surface area contributed by atoms with E-state index in [1.54, 1.807) is 105 Å². The number of aromatic nitrogens is 8. The first-order valence-electron chi connectivity index (χ1n) is 26.2. The minimum atomic E-state index is -0.146. The Balaban J connectivity index is 0.961. The van der Waals surface area contributed by atoms with Crippen LogP contribution in [0.15, 0.2) is 169 Å². The van der Waals surface area contributed by atoms with Gasteiger partial charge >= 0.3 is 0 Å². The van der Waals surface area contributed by atoms with Gasteiger partial charge in [0.1, 0.15) is 0 Å². The molecular formula is C64H52N8O12. The quantitative estimate of drug-likeness (QED) is 0.0732. The van der Waals surface area contributed by atoms with E-state index in [0.29, 0.717) is 133 Å². The highest BCUT2D eigenvalue weighted by molar-refractivity contribution is 5.90. The number of nitrogens with zero attached hydrogens (tertiary/aromatic N) is 8. The molecule has 20 nitrogen and oxygen atoms in total. The number of allylic oxidation sites excluding steroid dienone is 4. The average molecular weight is 1130 g/mol. The van der Waals surface area contributed by atoms with Crippen LogP contribution >= 0.6 is 0 Å². The van der Waals surface area contributed by atoms with Gasteiger partial charge in [-0.15, -0.1) is 40.8 Å². The molecule has 0 amide bonds. The molecular weight excluding hydrogens is 1070 g/mol. The molecule has 0 fully saturated rings. The lowest BCUT2D eigenvalue weighted by molar-refractivity contribution is 0.355. The summed E-state index contributed by atoms with van der Waals surface area (Å²) in [4.78, 5) is 0. The predicted octanol–water partition coefficient (Wildman–Crippen LogP) is 13.4. The Morgan fingerprint density at radius 3 is 0.988 bits per heavy atom. The SMILES string of the molecule is COc1ccc(-c2nnc(C3=CCC(c4ccc(-c5nnc(-c6ccc(OC)c(OC)c6)o5)cc4-c4cc(-c5nnc(-c6ccc(OC)c(OC)c6)o5)ccc4-c4ccc(-c5nnc(-c6ccc(OC)c(OC)c6)o5)cc4)C=C3)o2)cc1OC. The van der Waals surface area contributed by atoms with Crippen LogP contribution in [-0.4, -0.2) is 97.7 Å². The Bertz CT molecular complexity index is 4270. The van der Waals surface area contributed by atoms with Crippen LogP contribution in [0.2, 0.25) is 0 Å². The molecule has 7 aromatic carbocycles. The van der Waals surface area contributed by atoms with Gasteiger partial charge in [-0.05, 0) is 143 Å². The fourth-order valence-electron chi connectivity index (χ4n) is 9.90. The Kier molecular flexibility index (Phi) is 14.8. The van der Waals surface area contributed by atoms with Crippen LogP contribution in [0.3, 0.4) is 0 Å². The summed E-state index contributed by atoms with van der Waals surface area (Å²) in [5, 5.41) is 35.7. The van der Waals surface area contributed by atoms with Crippen molar-refractivity contribution < 1.29 is 55.6 Å². The van der Waals surface area contributed by atoms with Gasteiger partial charge in [0.25, 0.3) is 0 Å². The van der Waals surface area contributed by atoms with Crippen molar-refractivity contribution in [2.24, 2.45) is 0 Å². The van der Waals surface area contributed by atoms with Crippen LogP contribution in [0.1, 0.15) is 23.8 Å². The van der Waals surface area contributed by atoms with Crippen molar-refractivity contribution in [2.45, 2.75) is 12.3 Å². The molecule has 0 saturated carbocycles. The zero-order valence-electron chi connectivity index (χ0n) is 46.7. The van der Waals surface area contributed by atoms with Crippen molar-refractivity contribution in [1.82, 2.24) is 40.8 Å². The van der Waals surface area contributed by atoms with E-state index >= 15 is 0 Å². The molecule has 11 aromatic rings. The van der Waals surface area contributed by atoms with Gasteiger partial charge in [-0.2, -0.15) is 0 Å². The first-order chi connectivity index (χ1) is 41.2. The van der Waals surface area contributed by atoms with Gasteiger partial charge in [0.2, 0.25) is 47.1 Å². The number of rotatable bonds is 19. The number of hydrogen-bond acceptors (Lipinski definition) is 20. The van der Waals surface area contributed by atoms with Gasteiger partial charge in [0.15, 0.2) is 46.0 Å². The molecule has 4 heterocycles. The van der Waals surface area contributed by atoms with E-state index < -0.39 is 0 Å². The van der Waals surface area contributed by atoms with E-state index in [-0.39, 0.29) is 11.8 Å². The minimum Gasteiger partial charge on any atom is -0.493 e. The highest BCUT2D eigenvalue weighted by atomic mass is 16.5. The molecule has 420 valence electrons. The van der Waals surface area contributed by atoms with Crippen LogP contribution in [0.25, 0.3) is 108 Å². The minimum absolute atomic E-state index is 0.146. The third-order valence-electron chi connectivity index (χ3n) is 14.3. The van der Waals surface area contributed by atoms with Crippen molar-refractivity contribution in [2.75, 3.05) is 56.9 Å². The van der Waals surface area contributed by atoms with Crippen molar-refractivity contribution in [3.05, 3.63) is 163 Å². The van der Waals surface area contributed by atoms with Crippen LogP contribution in [0.5, 0.6) is 46.0 Å². The van der Waals surface area contributed by atoms with E-state index in [9.17, 15) is 0 Å². The molecule has 0 aliphatic heterocycles. The molecule has 0 saturated heterocycles. The van der Waals surface area contributed by atoms with Crippen LogP contribution < -0.4 is 37.9 Å². The van der Waals surface area contributed by atoms with E-state index in [2.05, 4.69) is 71.1 Å². The Morgan fingerprint density at radius 2 is 0.607 bits per heavy atom. The predicted molar refractivity (Wildman–Crippen MR) is 310 cm³/mol. The number of benzene rings is 7. The summed E-state index contributed by atoms with van der Waals surface area (Å²) < 4.78 is 69.5. The summed E-state index contributed by atoms with van der Waals surface area (Å²) in [6.45, 7) is 0. The Morgan fingerprint density at radius 1 is 0.298 bits per heavy atom. The smallest absolute Gasteiger partial charge is 0.248 e. The molecule has 1 aliphatic rings. The highest BCUT2D eigenvalue weighted by Gasteiger charge is 2.25. The number of methoxy groups -OCH3 is 8. The van der Waals surface area contributed by atoms with Crippen molar-refractivity contribution in [3.8, 4) is 148 Å². The second-order valence-electron chi connectivity index (χ2n) is 18.9. The second-order valence-corrected chi connectivity index (χ2v) is 18.9. The first-order valence-corrected chi connectivity index (χ1v) is 26.2. The molecule has 84 heavy (non-hydrogen) atoms. The van der Waals surface area contributed by atoms with Gasteiger partial charge in [-0.25, -0.2) is 0 Å². The molecule has 1 unspecified atom stereocenters. The van der Waals surface area contributed by atoms with Gasteiger partial charge in [-0.1, -0.05) is 42.5 Å². The van der Waals surface area contributed by atoms with Crippen molar-refractivity contribution >= 4 is 5.57 Å². The number of ether oxygens (including phenoxy) is 8.